The van der Waals surface area contributed by atoms with Gasteiger partial charge in [0.25, 0.3) is 0 Å². The molecule has 0 unspecified atom stereocenters. The maximum Gasteiger partial charge on any atom is 0.326 e. The van der Waals surface area contributed by atoms with Crippen LogP contribution in [0.1, 0.15) is 5.56 Å². The van der Waals surface area contributed by atoms with Crippen molar-refractivity contribution >= 4 is 28.4 Å². The number of nitrogens with zero attached hydrogens (tertiary/aromatic N) is 2. The molecule has 5 nitrogen and oxygen atoms in total. The van der Waals surface area contributed by atoms with Gasteiger partial charge in [-0.25, -0.2) is 9.78 Å². The fourth-order valence-corrected chi connectivity index (χ4v) is 2.86. The molecule has 4 aromatic rings. The number of carbonyl (C=O) groups excluding carboxylic acids is 1. The number of anilines is 2. The number of aromatic amines is 1. The highest BCUT2D eigenvalue weighted by molar-refractivity contribution is 6.02. The van der Waals surface area contributed by atoms with E-state index in [1.807, 2.05) is 78.9 Å². The predicted octanol–water partition coefficient (Wildman–Crippen LogP) is 4.80. The van der Waals surface area contributed by atoms with Crippen molar-refractivity contribution < 1.29 is 4.79 Å². The molecule has 0 radical (unpaired) electrons. The topological polar surface area (TPSA) is 61.0 Å². The van der Waals surface area contributed by atoms with Gasteiger partial charge in [-0.1, -0.05) is 48.5 Å². The normalized spacial score (nSPS) is 10.6. The average Bonchev–Trinajstić information content (AvgIpc) is 3.15. The summed E-state index contributed by atoms with van der Waals surface area (Å²) in [6.45, 7) is 0.489. The van der Waals surface area contributed by atoms with Crippen LogP contribution >= 0.6 is 0 Å². The lowest BCUT2D eigenvalue weighted by Gasteiger charge is -2.23. The molecule has 26 heavy (non-hydrogen) atoms. The first-order valence-corrected chi connectivity index (χ1v) is 8.40. The monoisotopic (exact) mass is 342 g/mol. The molecule has 0 atom stereocenters. The van der Waals surface area contributed by atoms with Crippen molar-refractivity contribution in [2.45, 2.75) is 6.54 Å². The van der Waals surface area contributed by atoms with E-state index in [-0.39, 0.29) is 6.03 Å². The quantitative estimate of drug-likeness (QED) is 0.559. The highest BCUT2D eigenvalue weighted by Crippen LogP contribution is 2.20. The van der Waals surface area contributed by atoms with Gasteiger partial charge in [-0.05, 0) is 35.9 Å². The number of hydrogen-bond acceptors (Lipinski definition) is 2. The molecule has 4 rings (SSSR count). The summed E-state index contributed by atoms with van der Waals surface area (Å²) in [6.07, 6.45) is 1.64. The summed E-state index contributed by atoms with van der Waals surface area (Å²) >= 11 is 0. The Morgan fingerprint density at radius 2 is 1.69 bits per heavy atom. The van der Waals surface area contributed by atoms with Gasteiger partial charge in [0.1, 0.15) is 0 Å². The molecule has 1 heterocycles. The highest BCUT2D eigenvalue weighted by Gasteiger charge is 2.16. The summed E-state index contributed by atoms with van der Waals surface area (Å²) in [5.41, 5.74) is 4.39. The van der Waals surface area contributed by atoms with Crippen LogP contribution in [0.5, 0.6) is 0 Å². The number of para-hydroxylation sites is 1. The van der Waals surface area contributed by atoms with Crippen LogP contribution in [0, 0.1) is 0 Å². The molecule has 0 aliphatic heterocycles. The van der Waals surface area contributed by atoms with Gasteiger partial charge >= 0.3 is 6.03 Å². The minimum atomic E-state index is -0.182. The SMILES string of the molecule is O=C(Nc1ccc2nc[nH]c2c1)N(Cc1ccccc1)c1ccccc1. The summed E-state index contributed by atoms with van der Waals surface area (Å²) in [6, 6.07) is 25.0. The molecule has 0 aliphatic carbocycles. The average molecular weight is 342 g/mol. The molecule has 2 N–H and O–H groups in total. The number of carbonyl (C=O) groups is 1. The predicted molar refractivity (Wildman–Crippen MR) is 104 cm³/mol. The number of urea groups is 1. The van der Waals surface area contributed by atoms with E-state index in [4.69, 9.17) is 0 Å². The fourth-order valence-electron chi connectivity index (χ4n) is 2.86. The summed E-state index contributed by atoms with van der Waals surface area (Å²) < 4.78 is 0. The largest absolute Gasteiger partial charge is 0.345 e. The Labute approximate surface area is 151 Å². The van der Waals surface area contributed by atoms with E-state index >= 15 is 0 Å². The maximum absolute atomic E-state index is 13.0. The smallest absolute Gasteiger partial charge is 0.326 e. The molecule has 128 valence electrons. The lowest BCUT2D eigenvalue weighted by Crippen LogP contribution is -2.34. The van der Waals surface area contributed by atoms with Crippen LogP contribution in [0.2, 0.25) is 0 Å². The van der Waals surface area contributed by atoms with Crippen LogP contribution in [-0.4, -0.2) is 16.0 Å². The van der Waals surface area contributed by atoms with Crippen LogP contribution in [0.15, 0.2) is 85.2 Å². The lowest BCUT2D eigenvalue weighted by molar-refractivity contribution is 0.256. The van der Waals surface area contributed by atoms with Gasteiger partial charge in [0.05, 0.1) is 23.9 Å². The second-order valence-electron chi connectivity index (χ2n) is 5.97. The first kappa shape index (κ1) is 15.9. The Kier molecular flexibility index (Phi) is 4.35. The van der Waals surface area contributed by atoms with Gasteiger partial charge in [0.15, 0.2) is 0 Å². The van der Waals surface area contributed by atoms with E-state index in [0.29, 0.717) is 6.54 Å². The van der Waals surface area contributed by atoms with Crippen molar-refractivity contribution in [3.05, 3.63) is 90.8 Å². The van der Waals surface area contributed by atoms with E-state index in [1.165, 1.54) is 0 Å². The van der Waals surface area contributed by atoms with Crippen molar-refractivity contribution in [1.29, 1.82) is 0 Å². The maximum atomic E-state index is 13.0. The molecule has 0 saturated heterocycles. The van der Waals surface area contributed by atoms with Crippen molar-refractivity contribution in [3.63, 3.8) is 0 Å². The van der Waals surface area contributed by atoms with Gasteiger partial charge in [0, 0.05) is 11.4 Å². The number of H-pyrrole nitrogens is 1. The van der Waals surface area contributed by atoms with E-state index in [1.54, 1.807) is 11.2 Å². The third-order valence-electron chi connectivity index (χ3n) is 4.17. The van der Waals surface area contributed by atoms with Crippen LogP contribution in [-0.2, 0) is 6.54 Å². The highest BCUT2D eigenvalue weighted by atomic mass is 16.2. The first-order valence-electron chi connectivity index (χ1n) is 8.40. The molecule has 5 heteroatoms. The number of fused-ring (bicyclic) bond motifs is 1. The summed E-state index contributed by atoms with van der Waals surface area (Å²) in [5, 5.41) is 2.98. The van der Waals surface area contributed by atoms with Crippen molar-refractivity contribution in [1.82, 2.24) is 9.97 Å². The number of aromatic nitrogens is 2. The van der Waals surface area contributed by atoms with Gasteiger partial charge in [-0.3, -0.25) is 4.90 Å². The Morgan fingerprint density at radius 3 is 2.46 bits per heavy atom. The zero-order valence-electron chi connectivity index (χ0n) is 14.1. The molecule has 3 aromatic carbocycles. The summed E-state index contributed by atoms with van der Waals surface area (Å²) in [4.78, 5) is 22.0. The molecule has 1 aromatic heterocycles. The number of imidazole rings is 1. The second kappa shape index (κ2) is 7.11. The number of rotatable bonds is 4. The van der Waals surface area contributed by atoms with Crippen LogP contribution in [0.4, 0.5) is 16.2 Å². The standard InChI is InChI=1S/C21H18N4O/c26-21(24-17-11-12-19-20(13-17)23-15-22-19)25(18-9-5-2-6-10-18)14-16-7-3-1-4-8-16/h1-13,15H,14H2,(H,22,23)(H,24,26). The molecule has 0 saturated carbocycles. The van der Waals surface area contributed by atoms with E-state index in [2.05, 4.69) is 15.3 Å². The number of hydrogen-bond donors (Lipinski definition) is 2. The number of benzene rings is 3. The van der Waals surface area contributed by atoms with Crippen LogP contribution < -0.4 is 10.2 Å². The third-order valence-corrected chi connectivity index (χ3v) is 4.17. The Hall–Kier alpha value is -3.60. The minimum absolute atomic E-state index is 0.182. The lowest BCUT2D eigenvalue weighted by atomic mass is 10.2. The number of amides is 2. The molecular formula is C21H18N4O. The molecule has 0 fully saturated rings. The van der Waals surface area contributed by atoms with Crippen molar-refractivity contribution in [3.8, 4) is 0 Å². The van der Waals surface area contributed by atoms with Crippen molar-refractivity contribution in [2.75, 3.05) is 10.2 Å². The van der Waals surface area contributed by atoms with Gasteiger partial charge < -0.3 is 10.3 Å². The molecule has 2 amide bonds. The molecular weight excluding hydrogens is 324 g/mol. The van der Waals surface area contributed by atoms with E-state index in [9.17, 15) is 4.79 Å². The zero-order valence-corrected chi connectivity index (χ0v) is 14.1. The number of nitrogens with one attached hydrogen (secondary N) is 2. The van der Waals surface area contributed by atoms with E-state index < -0.39 is 0 Å². The van der Waals surface area contributed by atoms with E-state index in [0.717, 1.165) is 28.0 Å². The minimum Gasteiger partial charge on any atom is -0.345 e. The molecule has 0 spiro atoms. The van der Waals surface area contributed by atoms with Crippen molar-refractivity contribution in [2.24, 2.45) is 0 Å². The first-order chi connectivity index (χ1) is 12.8. The third kappa shape index (κ3) is 3.42. The molecule has 0 bridgehead atoms. The fraction of sp³-hybridized carbons (Fsp3) is 0.0476. The zero-order chi connectivity index (χ0) is 17.8. The summed E-state index contributed by atoms with van der Waals surface area (Å²) in [7, 11) is 0. The van der Waals surface area contributed by atoms with Gasteiger partial charge in [-0.15, -0.1) is 0 Å². The Bertz CT molecular complexity index is 1010. The van der Waals surface area contributed by atoms with Crippen LogP contribution in [0.3, 0.4) is 0 Å². The molecule has 0 aliphatic rings. The van der Waals surface area contributed by atoms with Gasteiger partial charge in [-0.2, -0.15) is 0 Å². The second-order valence-corrected chi connectivity index (χ2v) is 5.97. The summed E-state index contributed by atoms with van der Waals surface area (Å²) in [5.74, 6) is 0. The Balaban J connectivity index is 1.60. The van der Waals surface area contributed by atoms with Crippen LogP contribution in [0.25, 0.3) is 11.0 Å². The Morgan fingerprint density at radius 1 is 0.962 bits per heavy atom. The van der Waals surface area contributed by atoms with Gasteiger partial charge in [0.2, 0.25) is 0 Å².